The van der Waals surface area contributed by atoms with Gasteiger partial charge in [-0.05, 0) is 105 Å². The summed E-state index contributed by atoms with van der Waals surface area (Å²) in [5.74, 6) is 0. The maximum atomic E-state index is 3.83. The van der Waals surface area contributed by atoms with Gasteiger partial charge in [-0.2, -0.15) is 0 Å². The van der Waals surface area contributed by atoms with Crippen LogP contribution in [0.25, 0.3) is 50.1 Å². The van der Waals surface area contributed by atoms with E-state index in [4.69, 9.17) is 0 Å². The van der Waals surface area contributed by atoms with Crippen LogP contribution in [0.1, 0.15) is 12.5 Å². The molecule has 0 fully saturated rings. The largest absolute Gasteiger partial charge is 0.422 e. The summed E-state index contributed by atoms with van der Waals surface area (Å²) in [6.45, 7) is 6.05. The predicted molar refractivity (Wildman–Crippen MR) is 197 cm³/mol. The number of hydrogen-bond donors (Lipinski definition) is 0. The third-order valence-electron chi connectivity index (χ3n) is 9.68. The van der Waals surface area contributed by atoms with Crippen LogP contribution in [0.2, 0.25) is 0 Å². The molecule has 0 aromatic heterocycles. The molecule has 0 radical (unpaired) electrons. The zero-order chi connectivity index (χ0) is 30.8. The Labute approximate surface area is 271 Å². The smallest absolute Gasteiger partial charge is 0.359 e. The van der Waals surface area contributed by atoms with Crippen molar-refractivity contribution in [2.75, 3.05) is 9.62 Å². The van der Waals surface area contributed by atoms with E-state index in [0.29, 0.717) is 0 Å². The molecule has 0 aliphatic carbocycles. The minimum atomic E-state index is 0.0350. The van der Waals surface area contributed by atoms with Gasteiger partial charge >= 0.3 is 6.98 Å². The van der Waals surface area contributed by atoms with E-state index in [1.165, 1.54) is 83.9 Å². The number of anilines is 4. The third-order valence-corrected chi connectivity index (χ3v) is 9.68. The van der Waals surface area contributed by atoms with Gasteiger partial charge in [0.25, 0.3) is 0 Å². The minimum Gasteiger partial charge on any atom is -0.359 e. The Hall–Kier alpha value is -5.80. The number of allylic oxidation sites excluding steroid dienone is 5. The second-order valence-electron chi connectivity index (χ2n) is 12.3. The standard InChI is InChI=1S/C43H31BN2/c1-3-4-7-14-29(2)32-21-23-39-35(25-32)37-27-34(31-17-10-6-11-18-31)28-38-36-26-33(30-15-8-5-9-16-30)22-24-40(36)46-42-20-13-12-19-41(42)45(39)44(46)43(37)38/h3-28H,1H2,2H3/b7-4-,29-14+. The van der Waals surface area contributed by atoms with E-state index in [-0.39, 0.29) is 6.98 Å². The summed E-state index contributed by atoms with van der Waals surface area (Å²) in [7, 11) is 0. The van der Waals surface area contributed by atoms with Crippen LogP contribution in [-0.2, 0) is 0 Å². The number of hydrogen-bond acceptors (Lipinski definition) is 2. The molecule has 3 aliphatic heterocycles. The topological polar surface area (TPSA) is 6.48 Å². The second kappa shape index (κ2) is 10.4. The highest BCUT2D eigenvalue weighted by molar-refractivity contribution is 6.88. The molecule has 0 bridgehead atoms. The third kappa shape index (κ3) is 3.92. The molecule has 46 heavy (non-hydrogen) atoms. The van der Waals surface area contributed by atoms with Crippen molar-refractivity contribution in [1.29, 1.82) is 0 Å². The molecular weight excluding hydrogens is 555 g/mol. The van der Waals surface area contributed by atoms with E-state index in [9.17, 15) is 0 Å². The normalized spacial score (nSPS) is 13.8. The van der Waals surface area contributed by atoms with Crippen molar-refractivity contribution in [3.8, 4) is 44.5 Å². The van der Waals surface area contributed by atoms with Gasteiger partial charge in [-0.3, -0.25) is 0 Å². The van der Waals surface area contributed by atoms with Crippen molar-refractivity contribution in [3.05, 3.63) is 170 Å². The number of rotatable bonds is 5. The molecule has 0 amide bonds. The summed E-state index contributed by atoms with van der Waals surface area (Å²) in [5.41, 5.74) is 18.8. The Morgan fingerprint density at radius 3 is 1.70 bits per heavy atom. The molecule has 0 saturated heterocycles. The highest BCUT2D eigenvalue weighted by Crippen LogP contribution is 2.56. The molecule has 0 atom stereocenters. The van der Waals surface area contributed by atoms with E-state index in [1.54, 1.807) is 0 Å². The lowest BCUT2D eigenvalue weighted by atomic mass is 9.54. The lowest BCUT2D eigenvalue weighted by molar-refractivity contribution is 1.35. The fourth-order valence-electron chi connectivity index (χ4n) is 7.56. The first-order valence-electron chi connectivity index (χ1n) is 15.9. The van der Waals surface area contributed by atoms with E-state index < -0.39 is 0 Å². The Bertz CT molecular complexity index is 2250. The maximum absolute atomic E-state index is 3.83. The monoisotopic (exact) mass is 586 g/mol. The Kier molecular flexibility index (Phi) is 6.01. The van der Waals surface area contributed by atoms with Gasteiger partial charge in [0.1, 0.15) is 0 Å². The fourth-order valence-corrected chi connectivity index (χ4v) is 7.56. The van der Waals surface area contributed by atoms with Crippen molar-refractivity contribution < 1.29 is 0 Å². The van der Waals surface area contributed by atoms with Gasteiger partial charge < -0.3 is 9.62 Å². The Morgan fingerprint density at radius 2 is 1.07 bits per heavy atom. The van der Waals surface area contributed by atoms with Crippen LogP contribution in [0.4, 0.5) is 22.7 Å². The molecule has 3 heterocycles. The van der Waals surface area contributed by atoms with Crippen molar-refractivity contribution in [2.24, 2.45) is 0 Å². The summed E-state index contributed by atoms with van der Waals surface area (Å²) < 4.78 is 0. The molecule has 9 rings (SSSR count). The highest BCUT2D eigenvalue weighted by atomic mass is 15.3. The van der Waals surface area contributed by atoms with Crippen LogP contribution < -0.4 is 15.1 Å². The first-order chi connectivity index (χ1) is 22.7. The van der Waals surface area contributed by atoms with Crippen LogP contribution in [0.15, 0.2) is 164 Å². The van der Waals surface area contributed by atoms with Crippen LogP contribution in [-0.4, -0.2) is 6.98 Å². The zero-order valence-corrected chi connectivity index (χ0v) is 25.7. The summed E-state index contributed by atoms with van der Waals surface area (Å²) >= 11 is 0. The van der Waals surface area contributed by atoms with Gasteiger partial charge in [-0.15, -0.1) is 0 Å². The van der Waals surface area contributed by atoms with Crippen LogP contribution in [0.5, 0.6) is 0 Å². The van der Waals surface area contributed by atoms with Crippen LogP contribution in [0.3, 0.4) is 0 Å². The van der Waals surface area contributed by atoms with E-state index in [2.05, 4.69) is 169 Å². The van der Waals surface area contributed by atoms with Crippen LogP contribution >= 0.6 is 0 Å². The van der Waals surface area contributed by atoms with Crippen molar-refractivity contribution in [2.45, 2.75) is 6.92 Å². The van der Waals surface area contributed by atoms with E-state index in [0.717, 1.165) is 0 Å². The Morgan fingerprint density at radius 1 is 0.522 bits per heavy atom. The first kappa shape index (κ1) is 26.6. The maximum Gasteiger partial charge on any atom is 0.422 e. The molecule has 2 nitrogen and oxygen atoms in total. The minimum absolute atomic E-state index is 0.0350. The average molecular weight is 587 g/mol. The first-order valence-corrected chi connectivity index (χ1v) is 15.9. The van der Waals surface area contributed by atoms with Crippen molar-refractivity contribution in [1.82, 2.24) is 0 Å². The highest BCUT2D eigenvalue weighted by Gasteiger charge is 2.51. The second-order valence-corrected chi connectivity index (χ2v) is 12.3. The number of fused-ring (bicyclic) bond motifs is 9. The van der Waals surface area contributed by atoms with Gasteiger partial charge in [-0.25, -0.2) is 0 Å². The number of benzene rings is 6. The molecular formula is C43H31BN2. The Balaban J connectivity index is 1.37. The summed E-state index contributed by atoms with van der Waals surface area (Å²) in [5, 5.41) is 0. The van der Waals surface area contributed by atoms with E-state index in [1.807, 2.05) is 12.2 Å². The summed E-state index contributed by atoms with van der Waals surface area (Å²) in [6.07, 6.45) is 8.02. The van der Waals surface area contributed by atoms with Gasteiger partial charge in [-0.1, -0.05) is 116 Å². The predicted octanol–water partition coefficient (Wildman–Crippen LogP) is 10.8. The molecule has 3 heteroatoms. The molecule has 0 saturated carbocycles. The number of para-hydroxylation sites is 2. The van der Waals surface area contributed by atoms with Crippen LogP contribution in [0, 0.1) is 0 Å². The van der Waals surface area contributed by atoms with E-state index >= 15 is 0 Å². The fraction of sp³-hybridized carbons (Fsp3) is 0.0233. The van der Waals surface area contributed by atoms with Crippen molar-refractivity contribution >= 4 is 40.8 Å². The SMILES string of the molecule is C=C/C=C\C=C(/C)c1ccc2c(c1)-c1cc(-c3ccccc3)cc3c1B1N2c2ccccc2N1c1ccc(-c2ccccc2)cc1-3. The molecule has 0 unspecified atom stereocenters. The zero-order valence-electron chi connectivity index (χ0n) is 25.7. The van der Waals surface area contributed by atoms with Crippen molar-refractivity contribution in [3.63, 3.8) is 0 Å². The average Bonchev–Trinajstić information content (AvgIpc) is 3.47. The molecule has 0 spiro atoms. The van der Waals surface area contributed by atoms with Gasteiger partial charge in [0.2, 0.25) is 0 Å². The molecule has 6 aromatic rings. The quantitative estimate of drug-likeness (QED) is 0.146. The lowest BCUT2D eigenvalue weighted by Gasteiger charge is -2.42. The van der Waals surface area contributed by atoms with Gasteiger partial charge in [0.05, 0.1) is 11.4 Å². The number of nitrogens with zero attached hydrogens (tertiary/aromatic N) is 2. The lowest BCUT2D eigenvalue weighted by Crippen LogP contribution is -2.58. The molecule has 6 aromatic carbocycles. The summed E-state index contributed by atoms with van der Waals surface area (Å²) in [4.78, 5) is 5.13. The molecule has 0 N–H and O–H groups in total. The van der Waals surface area contributed by atoms with Gasteiger partial charge in [0.15, 0.2) is 0 Å². The molecule has 3 aliphatic rings. The van der Waals surface area contributed by atoms with Gasteiger partial charge in [0, 0.05) is 22.5 Å². The molecule has 216 valence electrons. The summed E-state index contributed by atoms with van der Waals surface area (Å²) in [6, 6.07) is 49.3.